The zero-order valence-corrected chi connectivity index (χ0v) is 19.8. The zero-order valence-electron chi connectivity index (χ0n) is 17.5. The normalized spacial score (nSPS) is 15.5. The number of carbonyl (C=O) groups excluding carboxylic acids is 1. The maximum Gasteiger partial charge on any atom is 0.222 e. The lowest BCUT2D eigenvalue weighted by Crippen LogP contribution is -2.41. The lowest BCUT2D eigenvalue weighted by atomic mass is 10.2. The van der Waals surface area contributed by atoms with Gasteiger partial charge in [-0.1, -0.05) is 6.42 Å². The number of ether oxygens (including phenoxy) is 1. The molecule has 1 fully saturated rings. The van der Waals surface area contributed by atoms with Crippen LogP contribution in [0.5, 0.6) is 0 Å². The Morgan fingerprint density at radius 1 is 1.22 bits per heavy atom. The Labute approximate surface area is 182 Å². The number of likely N-dealkylation sites (N-methyl/N-ethyl adjacent to an activating group) is 1. The van der Waals surface area contributed by atoms with Crippen LogP contribution in [-0.4, -0.2) is 88.2 Å². The largest absolute Gasteiger partial charge is 0.385 e. The number of amides is 1. The van der Waals surface area contributed by atoms with Crippen molar-refractivity contribution in [2.75, 3.05) is 66.6 Å². The molecule has 1 heterocycles. The first kappa shape index (κ1) is 26.4. The molecule has 1 rings (SSSR count). The van der Waals surface area contributed by atoms with E-state index in [2.05, 4.69) is 34.5 Å². The summed E-state index contributed by atoms with van der Waals surface area (Å²) in [5, 5.41) is 6.67. The third-order valence-corrected chi connectivity index (χ3v) is 4.55. The molecule has 0 aliphatic carbocycles. The van der Waals surface area contributed by atoms with Crippen LogP contribution in [0.1, 0.15) is 45.4 Å². The Balaban J connectivity index is 0.00000676. The van der Waals surface area contributed by atoms with E-state index in [-0.39, 0.29) is 24.0 Å². The van der Waals surface area contributed by atoms with Crippen molar-refractivity contribution < 1.29 is 9.53 Å². The smallest absolute Gasteiger partial charge is 0.222 e. The third kappa shape index (κ3) is 13.2. The van der Waals surface area contributed by atoms with Gasteiger partial charge in [0.05, 0.1) is 0 Å². The topological polar surface area (TPSA) is 69.2 Å². The minimum absolute atomic E-state index is 0. The predicted octanol–water partition coefficient (Wildman–Crippen LogP) is 1.92. The summed E-state index contributed by atoms with van der Waals surface area (Å²) in [6.45, 7) is 9.07. The summed E-state index contributed by atoms with van der Waals surface area (Å²) in [6, 6.07) is 0. The molecule has 0 aromatic rings. The SMILES string of the molecule is CCNC(=NCCCN1CCCCCC1=O)NCCN(C)CCCOC.I. The Hall–Kier alpha value is -0.610. The number of nitrogens with zero attached hydrogens (tertiary/aromatic N) is 3. The molecule has 1 amide bonds. The van der Waals surface area contributed by atoms with E-state index in [4.69, 9.17) is 4.74 Å². The van der Waals surface area contributed by atoms with Gasteiger partial charge < -0.3 is 25.2 Å². The summed E-state index contributed by atoms with van der Waals surface area (Å²) in [5.74, 6) is 1.17. The van der Waals surface area contributed by atoms with Gasteiger partial charge in [0.1, 0.15) is 0 Å². The Bertz CT molecular complexity index is 410. The van der Waals surface area contributed by atoms with Crippen molar-refractivity contribution >= 4 is 35.8 Å². The number of guanidine groups is 1. The minimum Gasteiger partial charge on any atom is -0.385 e. The van der Waals surface area contributed by atoms with E-state index in [1.807, 2.05) is 4.90 Å². The molecule has 1 aliphatic rings. The fraction of sp³-hybridized carbons (Fsp3) is 0.895. The van der Waals surface area contributed by atoms with Crippen molar-refractivity contribution in [3.8, 4) is 0 Å². The standard InChI is InChI=1S/C19H39N5O2.HI/c1-4-20-19(22-12-16-23(2)13-9-17-26-3)21-11-8-15-24-14-7-5-6-10-18(24)25;/h4-17H2,1-3H3,(H2,20,21,22);1H. The van der Waals surface area contributed by atoms with E-state index in [1.165, 1.54) is 6.42 Å². The molecular formula is C19H40IN5O2. The lowest BCUT2D eigenvalue weighted by Gasteiger charge is -2.20. The van der Waals surface area contributed by atoms with Crippen LogP contribution >= 0.6 is 24.0 Å². The highest BCUT2D eigenvalue weighted by Crippen LogP contribution is 2.11. The van der Waals surface area contributed by atoms with Crippen molar-refractivity contribution in [1.29, 1.82) is 0 Å². The number of likely N-dealkylation sites (tertiary alicyclic amines) is 1. The maximum absolute atomic E-state index is 12.0. The highest BCUT2D eigenvalue weighted by Gasteiger charge is 2.15. The fourth-order valence-electron chi connectivity index (χ4n) is 3.02. The number of nitrogens with one attached hydrogen (secondary N) is 2. The van der Waals surface area contributed by atoms with Crippen molar-refractivity contribution in [2.45, 2.75) is 45.4 Å². The first-order valence-electron chi connectivity index (χ1n) is 10.1. The molecule has 0 atom stereocenters. The van der Waals surface area contributed by atoms with Gasteiger partial charge in [-0.15, -0.1) is 24.0 Å². The molecule has 0 radical (unpaired) electrons. The fourth-order valence-corrected chi connectivity index (χ4v) is 3.02. The van der Waals surface area contributed by atoms with Crippen molar-refractivity contribution in [3.05, 3.63) is 0 Å². The quantitative estimate of drug-likeness (QED) is 0.187. The summed E-state index contributed by atoms with van der Waals surface area (Å²) >= 11 is 0. The lowest BCUT2D eigenvalue weighted by molar-refractivity contribution is -0.130. The molecule has 2 N–H and O–H groups in total. The monoisotopic (exact) mass is 497 g/mol. The summed E-state index contributed by atoms with van der Waals surface area (Å²) in [5.41, 5.74) is 0. The number of aliphatic imine (C=N–C) groups is 1. The second-order valence-electron chi connectivity index (χ2n) is 6.88. The van der Waals surface area contributed by atoms with Gasteiger partial charge in [0.25, 0.3) is 0 Å². The minimum atomic E-state index is 0. The molecule has 0 unspecified atom stereocenters. The maximum atomic E-state index is 12.0. The molecule has 0 saturated carbocycles. The molecule has 1 saturated heterocycles. The molecular weight excluding hydrogens is 457 g/mol. The molecule has 8 heteroatoms. The molecule has 0 aromatic carbocycles. The predicted molar refractivity (Wildman–Crippen MR) is 123 cm³/mol. The van der Waals surface area contributed by atoms with E-state index in [1.54, 1.807) is 7.11 Å². The van der Waals surface area contributed by atoms with E-state index in [9.17, 15) is 4.79 Å². The van der Waals surface area contributed by atoms with Crippen molar-refractivity contribution in [2.24, 2.45) is 4.99 Å². The van der Waals surface area contributed by atoms with Gasteiger partial charge in [-0.3, -0.25) is 9.79 Å². The molecule has 1 aliphatic heterocycles. The van der Waals surface area contributed by atoms with Crippen LogP contribution < -0.4 is 10.6 Å². The van der Waals surface area contributed by atoms with E-state index < -0.39 is 0 Å². The molecule has 0 bridgehead atoms. The van der Waals surface area contributed by atoms with Gasteiger partial charge in [-0.25, -0.2) is 0 Å². The van der Waals surface area contributed by atoms with Gasteiger partial charge in [0.2, 0.25) is 5.91 Å². The molecule has 7 nitrogen and oxygen atoms in total. The van der Waals surface area contributed by atoms with Crippen molar-refractivity contribution in [1.82, 2.24) is 20.4 Å². The summed E-state index contributed by atoms with van der Waals surface area (Å²) in [4.78, 5) is 20.9. The highest BCUT2D eigenvalue weighted by molar-refractivity contribution is 14.0. The van der Waals surface area contributed by atoms with Gasteiger partial charge in [-0.2, -0.15) is 0 Å². The van der Waals surface area contributed by atoms with Gasteiger partial charge in [-0.05, 0) is 39.7 Å². The van der Waals surface area contributed by atoms with E-state index in [0.717, 1.165) is 84.1 Å². The second kappa shape index (κ2) is 17.5. The molecule has 160 valence electrons. The zero-order chi connectivity index (χ0) is 19.0. The van der Waals surface area contributed by atoms with E-state index >= 15 is 0 Å². The highest BCUT2D eigenvalue weighted by atomic mass is 127. The van der Waals surface area contributed by atoms with Crippen LogP contribution in [0.15, 0.2) is 4.99 Å². The average molecular weight is 497 g/mol. The van der Waals surface area contributed by atoms with Crippen molar-refractivity contribution in [3.63, 3.8) is 0 Å². The van der Waals surface area contributed by atoms with Crippen LogP contribution in [0.25, 0.3) is 0 Å². The van der Waals surface area contributed by atoms with Gasteiger partial charge >= 0.3 is 0 Å². The van der Waals surface area contributed by atoms with Gasteiger partial charge in [0, 0.05) is 66.0 Å². The first-order chi connectivity index (χ1) is 12.7. The first-order valence-corrected chi connectivity index (χ1v) is 10.1. The molecule has 27 heavy (non-hydrogen) atoms. The number of hydrogen-bond donors (Lipinski definition) is 2. The number of rotatable bonds is 12. The Morgan fingerprint density at radius 3 is 2.78 bits per heavy atom. The molecule has 0 spiro atoms. The summed E-state index contributed by atoms with van der Waals surface area (Å²) in [7, 11) is 3.86. The number of halogens is 1. The van der Waals surface area contributed by atoms with Crippen LogP contribution in [0.4, 0.5) is 0 Å². The third-order valence-electron chi connectivity index (χ3n) is 4.55. The van der Waals surface area contributed by atoms with Crippen LogP contribution in [0.2, 0.25) is 0 Å². The number of methoxy groups -OCH3 is 1. The van der Waals surface area contributed by atoms with Crippen LogP contribution in [-0.2, 0) is 9.53 Å². The summed E-state index contributed by atoms with van der Waals surface area (Å²) in [6.07, 6.45) is 6.04. The summed E-state index contributed by atoms with van der Waals surface area (Å²) < 4.78 is 5.08. The van der Waals surface area contributed by atoms with E-state index in [0.29, 0.717) is 12.3 Å². The average Bonchev–Trinajstić information content (AvgIpc) is 2.83. The Kier molecular flexibility index (Phi) is 17.1. The van der Waals surface area contributed by atoms with Crippen LogP contribution in [0, 0.1) is 0 Å². The Morgan fingerprint density at radius 2 is 2.04 bits per heavy atom. The van der Waals surface area contributed by atoms with Crippen LogP contribution in [0.3, 0.4) is 0 Å². The van der Waals surface area contributed by atoms with Gasteiger partial charge in [0.15, 0.2) is 5.96 Å². The second-order valence-corrected chi connectivity index (χ2v) is 6.88. The number of carbonyl (C=O) groups is 1. The molecule has 0 aromatic heterocycles. The number of hydrogen-bond acceptors (Lipinski definition) is 4.